The van der Waals surface area contributed by atoms with Gasteiger partial charge in [-0.1, -0.05) is 40.9 Å². The Bertz CT molecular complexity index is 2810. The molecule has 0 spiro atoms. The molecule has 0 bridgehead atoms. The number of hydrogen-bond acceptors (Lipinski definition) is 15. The molecule has 0 aliphatic rings. The first-order valence-electron chi connectivity index (χ1n) is 17.9. The Morgan fingerprint density at radius 3 is 2.15 bits per heavy atom. The molecule has 1 unspecified atom stereocenters. The molecule has 62 heavy (non-hydrogen) atoms. The fourth-order valence-electron chi connectivity index (χ4n) is 5.82. The molecule has 2 amide bonds. The van der Waals surface area contributed by atoms with Crippen LogP contribution in [-0.4, -0.2) is 55.0 Å². The van der Waals surface area contributed by atoms with Gasteiger partial charge in [-0.05, 0) is 109 Å². The third kappa shape index (κ3) is 11.0. The van der Waals surface area contributed by atoms with Gasteiger partial charge in [-0.2, -0.15) is 13.5 Å². The van der Waals surface area contributed by atoms with E-state index in [1.807, 2.05) is 6.92 Å². The number of ketones is 1. The predicted octanol–water partition coefficient (Wildman–Crippen LogP) is 9.35. The Kier molecular flexibility index (Phi) is 14.3. The molecular weight excluding hydrogens is 868 g/mol. The van der Waals surface area contributed by atoms with Crippen molar-refractivity contribution in [2.24, 2.45) is 10.2 Å². The van der Waals surface area contributed by atoms with E-state index < -0.39 is 44.7 Å². The number of hydrogen-bond donors (Lipinski definition) is 4. The van der Waals surface area contributed by atoms with Crippen molar-refractivity contribution in [3.63, 3.8) is 0 Å². The number of carbonyl (C=O) groups excluding carboxylic acids is 4. The van der Waals surface area contributed by atoms with Crippen molar-refractivity contribution < 1.29 is 61.0 Å². The Labute approximate surface area is 362 Å². The number of azo groups is 1. The number of rotatable bonds is 16. The van der Waals surface area contributed by atoms with Crippen LogP contribution >= 0.6 is 23.6 Å². The Morgan fingerprint density at radius 1 is 0.806 bits per heavy atom. The fraction of sp³-hybridized carbons (Fsp3) is 0.0952. The largest absolute Gasteiger partial charge is 0.497 e. The minimum absolute atomic E-state index is 0.00308. The molecule has 0 aliphatic carbocycles. The maximum atomic E-state index is 13.8. The highest BCUT2D eigenvalue weighted by Gasteiger charge is 2.31. The molecule has 0 fully saturated rings. The second kappa shape index (κ2) is 19.8. The summed E-state index contributed by atoms with van der Waals surface area (Å²) < 4.78 is 56.2. The zero-order valence-corrected chi connectivity index (χ0v) is 34.9. The molecule has 6 aromatic rings. The van der Waals surface area contributed by atoms with E-state index in [4.69, 9.17) is 31.1 Å². The summed E-state index contributed by atoms with van der Waals surface area (Å²) in [6.45, 7) is 2.96. The number of halogens is 1. The van der Waals surface area contributed by atoms with Crippen LogP contribution in [0.15, 0.2) is 135 Å². The van der Waals surface area contributed by atoms with Gasteiger partial charge in [-0.3, -0.25) is 18.9 Å². The molecule has 0 aromatic heterocycles. The summed E-state index contributed by atoms with van der Waals surface area (Å²) in [6.07, 6.45) is -1.70. The second-order valence-electron chi connectivity index (χ2n) is 13.0. The highest BCUT2D eigenvalue weighted by molar-refractivity contribution is 7.94. The van der Waals surface area contributed by atoms with Gasteiger partial charge in [0.05, 0.1) is 62.0 Å². The van der Waals surface area contributed by atoms with E-state index in [0.29, 0.717) is 17.8 Å². The van der Waals surface area contributed by atoms with E-state index in [-0.39, 0.29) is 66.1 Å². The van der Waals surface area contributed by atoms with E-state index in [0.717, 1.165) is 24.6 Å². The van der Waals surface area contributed by atoms with Crippen LogP contribution in [0.2, 0.25) is 5.02 Å². The highest BCUT2D eigenvalue weighted by atomic mass is 35.5. The lowest BCUT2D eigenvalue weighted by atomic mass is 10.0. The third-order valence-electron chi connectivity index (χ3n) is 8.66. The number of amides is 2. The minimum atomic E-state index is -4.84. The number of fused-ring (bicyclic) bond motifs is 1. The van der Waals surface area contributed by atoms with Crippen LogP contribution in [-0.2, 0) is 29.1 Å². The Morgan fingerprint density at radius 2 is 1.50 bits per heavy atom. The van der Waals surface area contributed by atoms with E-state index in [1.54, 1.807) is 48.5 Å². The van der Waals surface area contributed by atoms with Gasteiger partial charge >= 0.3 is 5.97 Å². The van der Waals surface area contributed by atoms with Crippen molar-refractivity contribution in [3.05, 3.63) is 137 Å². The molecule has 0 saturated heterocycles. The molecule has 0 heterocycles. The van der Waals surface area contributed by atoms with E-state index in [9.17, 15) is 32.1 Å². The lowest BCUT2D eigenvalue weighted by Gasteiger charge is -2.19. The molecule has 0 aliphatic heterocycles. The van der Waals surface area contributed by atoms with Crippen molar-refractivity contribution in [2.45, 2.75) is 29.7 Å². The van der Waals surface area contributed by atoms with Gasteiger partial charge in [0.15, 0.2) is 5.75 Å². The number of esters is 1. The molecule has 318 valence electrons. The monoisotopic (exact) mass is 900 g/mol. The first kappa shape index (κ1) is 44.8. The number of nitrogens with one attached hydrogen (secondary N) is 2. The number of aryl methyl sites for hydroxylation is 1. The van der Waals surface area contributed by atoms with Gasteiger partial charge in [-0.15, -0.1) is 9.45 Å². The number of benzene rings is 6. The van der Waals surface area contributed by atoms with Gasteiger partial charge in [0.25, 0.3) is 16.0 Å². The van der Waals surface area contributed by atoms with Crippen LogP contribution < -0.4 is 24.8 Å². The SMILES string of the molecule is COc1ccc(C(=O)C(Oc2ccc(N=Nc3c(SOOO)cc4cc(S(=O)(=O)O)cc(NC(C)=O)c4c3OC(=O)c3ccccc3)cc2)C(=O)Nc2cc(C)ccc2Cl)cc1. The van der Waals surface area contributed by atoms with Crippen LogP contribution in [0, 0.1) is 6.92 Å². The summed E-state index contributed by atoms with van der Waals surface area (Å²) in [6, 6.07) is 27.9. The molecule has 1 atom stereocenters. The van der Waals surface area contributed by atoms with E-state index in [1.165, 1.54) is 61.7 Å². The van der Waals surface area contributed by atoms with Crippen LogP contribution in [0.3, 0.4) is 0 Å². The summed E-state index contributed by atoms with van der Waals surface area (Å²) in [5.41, 5.74) is 1.06. The number of Topliss-reactive ketones (excluding diaryl/α,β-unsaturated/α-hetero) is 1. The number of anilines is 2. The fourth-order valence-corrected chi connectivity index (χ4v) is 7.02. The third-order valence-corrected chi connectivity index (χ3v) is 10.4. The number of methoxy groups -OCH3 is 1. The molecular formula is C42H33ClN4O13S2. The number of nitrogens with zero attached hydrogens (tertiary/aromatic N) is 2. The van der Waals surface area contributed by atoms with Crippen LogP contribution in [0.1, 0.15) is 33.2 Å². The maximum Gasteiger partial charge on any atom is 0.343 e. The molecule has 20 heteroatoms. The highest BCUT2D eigenvalue weighted by Crippen LogP contribution is 2.48. The standard InChI is InChI=1S/C42H33ClN4O13S2/c1-23-9-18-32(43)33(19-23)45-41(50)40(38(49)25-10-14-29(56-3)15-11-25)57-30-16-12-28(13-17-30)46-47-37-35(61-60-59-52)21-27-20-31(62(53,54)55)22-34(44-24(2)48)36(27)39(37)58-42(51)26-7-5-4-6-8-26/h4-22,40,52H,1-3H3,(H,44,48)(H,45,50)(H,53,54,55). The van der Waals surface area contributed by atoms with Gasteiger partial charge < -0.3 is 24.8 Å². The van der Waals surface area contributed by atoms with Crippen LogP contribution in [0.4, 0.5) is 22.7 Å². The van der Waals surface area contributed by atoms with Crippen molar-refractivity contribution in [3.8, 4) is 17.2 Å². The number of carbonyl (C=O) groups is 4. The quantitative estimate of drug-likeness (QED) is 0.00815. The smallest absolute Gasteiger partial charge is 0.343 e. The Balaban J connectivity index is 1.41. The second-order valence-corrected chi connectivity index (χ2v) is 15.6. The molecule has 0 radical (unpaired) electrons. The van der Waals surface area contributed by atoms with Gasteiger partial charge in [0, 0.05) is 12.5 Å². The average Bonchev–Trinajstić information content (AvgIpc) is 3.25. The van der Waals surface area contributed by atoms with Crippen molar-refractivity contribution in [1.82, 2.24) is 0 Å². The van der Waals surface area contributed by atoms with Gasteiger partial charge in [0.1, 0.15) is 17.2 Å². The van der Waals surface area contributed by atoms with Crippen molar-refractivity contribution >= 4 is 90.9 Å². The topological polar surface area (TPSA) is 238 Å². The minimum Gasteiger partial charge on any atom is -0.497 e. The summed E-state index contributed by atoms with van der Waals surface area (Å²) >= 11 is 6.69. The van der Waals surface area contributed by atoms with Gasteiger partial charge in [0.2, 0.25) is 17.8 Å². The first-order valence-corrected chi connectivity index (χ1v) is 20.5. The summed E-state index contributed by atoms with van der Waals surface area (Å²) in [7, 11) is -3.37. The summed E-state index contributed by atoms with van der Waals surface area (Å²) in [5, 5.41) is 26.8. The molecule has 17 nitrogen and oxygen atoms in total. The zero-order valence-electron chi connectivity index (χ0n) is 32.5. The van der Waals surface area contributed by atoms with E-state index >= 15 is 0 Å². The first-order chi connectivity index (χ1) is 29.6. The number of ether oxygens (including phenoxy) is 3. The molecule has 6 rings (SSSR count). The summed E-state index contributed by atoms with van der Waals surface area (Å²) in [4.78, 5) is 52.7. The summed E-state index contributed by atoms with van der Waals surface area (Å²) in [5.74, 6) is -2.82. The molecule has 0 saturated carbocycles. The lowest BCUT2D eigenvalue weighted by Crippen LogP contribution is -2.40. The van der Waals surface area contributed by atoms with Crippen LogP contribution in [0.5, 0.6) is 17.2 Å². The van der Waals surface area contributed by atoms with E-state index in [2.05, 4.69) is 30.2 Å². The molecule has 4 N–H and O–H groups in total. The normalized spacial score (nSPS) is 11.8. The van der Waals surface area contributed by atoms with Crippen molar-refractivity contribution in [2.75, 3.05) is 17.7 Å². The maximum absolute atomic E-state index is 13.8. The Hall–Kier alpha value is -6.71. The predicted molar refractivity (Wildman–Crippen MR) is 227 cm³/mol. The van der Waals surface area contributed by atoms with Crippen molar-refractivity contribution in [1.29, 1.82) is 0 Å². The lowest BCUT2D eigenvalue weighted by molar-refractivity contribution is -0.432. The molecule has 6 aromatic carbocycles. The zero-order chi connectivity index (χ0) is 44.6. The average molecular weight is 901 g/mol. The van der Waals surface area contributed by atoms with Gasteiger partial charge in [-0.25, -0.2) is 10.1 Å². The van der Waals surface area contributed by atoms with Crippen LogP contribution in [0.25, 0.3) is 10.8 Å².